The van der Waals surface area contributed by atoms with Gasteiger partial charge < -0.3 is 10.1 Å². The number of hydrogen-bond acceptors (Lipinski definition) is 4. The molecule has 0 saturated heterocycles. The van der Waals surface area contributed by atoms with Gasteiger partial charge >= 0.3 is 0 Å². The number of halogens is 2. The zero-order valence-electron chi connectivity index (χ0n) is 18.7. The van der Waals surface area contributed by atoms with Gasteiger partial charge in [0, 0.05) is 35.5 Å². The summed E-state index contributed by atoms with van der Waals surface area (Å²) in [6, 6.07) is 16.5. The van der Waals surface area contributed by atoms with Crippen molar-refractivity contribution < 1.29 is 13.9 Å². The third-order valence-corrected chi connectivity index (χ3v) is 6.30. The number of amides is 1. The molecule has 5 aromatic rings. The number of benzene rings is 2. The van der Waals surface area contributed by atoms with Crippen LogP contribution in [0.25, 0.3) is 11.2 Å². The van der Waals surface area contributed by atoms with Gasteiger partial charge in [0.15, 0.2) is 17.3 Å². The molecule has 35 heavy (non-hydrogen) atoms. The van der Waals surface area contributed by atoms with Crippen LogP contribution in [-0.2, 0) is 7.05 Å². The minimum Gasteiger partial charge on any atom is -0.452 e. The van der Waals surface area contributed by atoms with Crippen molar-refractivity contribution >= 4 is 33.0 Å². The number of aromatic nitrogens is 4. The average molecular weight is 536 g/mol. The normalized spacial score (nSPS) is 11.1. The molecule has 0 aliphatic rings. The highest BCUT2D eigenvalue weighted by Gasteiger charge is 2.22. The molecule has 5 rings (SSSR count). The average Bonchev–Trinajstić information content (AvgIpc) is 3.33. The van der Waals surface area contributed by atoms with Crippen molar-refractivity contribution in [1.29, 1.82) is 0 Å². The Morgan fingerprint density at radius 1 is 1.09 bits per heavy atom. The van der Waals surface area contributed by atoms with Gasteiger partial charge in [0.2, 0.25) is 0 Å². The summed E-state index contributed by atoms with van der Waals surface area (Å²) in [6.07, 6.45) is 3.30. The molecule has 0 bridgehead atoms. The van der Waals surface area contributed by atoms with Crippen molar-refractivity contribution in [3.8, 4) is 17.2 Å². The van der Waals surface area contributed by atoms with E-state index in [2.05, 4.69) is 26.3 Å². The predicted octanol–water partition coefficient (Wildman–Crippen LogP) is 5.08. The smallest absolute Gasteiger partial charge is 0.284 e. The van der Waals surface area contributed by atoms with E-state index in [-0.39, 0.29) is 17.0 Å². The second-order valence-electron chi connectivity index (χ2n) is 7.79. The Labute approximate surface area is 207 Å². The number of rotatable bonds is 5. The van der Waals surface area contributed by atoms with Crippen LogP contribution in [0.15, 0.2) is 82.3 Å². The standard InChI is InChI=1S/C25H19BrFN5O3/c1-15-22(25(34)32(30(15)2)17-6-4-3-5-7-17)24(33)29-16-8-9-20(19(27)14-16)35-21-10-12-28-31-13-11-18(26)23(21)31/h3-14H,1-2H3,(H,29,33). The van der Waals surface area contributed by atoms with E-state index in [1.54, 1.807) is 53.8 Å². The lowest BCUT2D eigenvalue weighted by atomic mass is 10.2. The number of anilines is 1. The van der Waals surface area contributed by atoms with E-state index in [4.69, 9.17) is 4.74 Å². The fourth-order valence-electron chi connectivity index (χ4n) is 3.86. The number of ether oxygens (including phenoxy) is 1. The van der Waals surface area contributed by atoms with Gasteiger partial charge in [-0.3, -0.25) is 14.3 Å². The molecule has 0 radical (unpaired) electrons. The molecular weight excluding hydrogens is 517 g/mol. The summed E-state index contributed by atoms with van der Waals surface area (Å²) in [5.74, 6) is -0.911. The van der Waals surface area contributed by atoms with Crippen LogP contribution in [0.5, 0.6) is 11.5 Å². The lowest BCUT2D eigenvalue weighted by molar-refractivity contribution is 0.102. The molecule has 1 N–H and O–H groups in total. The van der Waals surface area contributed by atoms with Gasteiger partial charge in [-0.15, -0.1) is 0 Å². The van der Waals surface area contributed by atoms with Crippen LogP contribution in [0.1, 0.15) is 16.1 Å². The molecule has 0 unspecified atom stereocenters. The fourth-order valence-corrected chi connectivity index (χ4v) is 4.36. The number of carbonyl (C=O) groups is 1. The minimum atomic E-state index is -0.674. The number of nitrogens with zero attached hydrogens (tertiary/aromatic N) is 4. The van der Waals surface area contributed by atoms with Gasteiger partial charge in [-0.1, -0.05) is 18.2 Å². The Morgan fingerprint density at radius 3 is 2.60 bits per heavy atom. The molecule has 1 amide bonds. The van der Waals surface area contributed by atoms with Crippen molar-refractivity contribution in [1.82, 2.24) is 19.0 Å². The van der Waals surface area contributed by atoms with Crippen LogP contribution in [0, 0.1) is 12.7 Å². The van der Waals surface area contributed by atoms with Crippen LogP contribution < -0.4 is 15.6 Å². The molecule has 176 valence electrons. The number of nitrogens with one attached hydrogen (secondary N) is 1. The van der Waals surface area contributed by atoms with E-state index in [9.17, 15) is 14.0 Å². The maximum atomic E-state index is 14.9. The highest BCUT2D eigenvalue weighted by molar-refractivity contribution is 9.10. The molecule has 0 aliphatic carbocycles. The lowest BCUT2D eigenvalue weighted by Gasteiger charge is -2.10. The van der Waals surface area contributed by atoms with E-state index < -0.39 is 17.3 Å². The molecule has 10 heteroatoms. The number of fused-ring (bicyclic) bond motifs is 1. The molecular formula is C25H19BrFN5O3. The Kier molecular flexibility index (Phi) is 5.73. The van der Waals surface area contributed by atoms with Gasteiger partial charge in [-0.25, -0.2) is 13.6 Å². The number of para-hydroxylation sites is 1. The van der Waals surface area contributed by atoms with Gasteiger partial charge in [-0.05, 0) is 53.2 Å². The second-order valence-corrected chi connectivity index (χ2v) is 8.64. The van der Waals surface area contributed by atoms with Crippen molar-refractivity contribution in [2.24, 2.45) is 7.05 Å². The first-order valence-corrected chi connectivity index (χ1v) is 11.4. The van der Waals surface area contributed by atoms with Crippen LogP contribution in [0.2, 0.25) is 0 Å². The lowest BCUT2D eigenvalue weighted by Crippen LogP contribution is -2.25. The maximum absolute atomic E-state index is 14.9. The Balaban J connectivity index is 1.41. The monoisotopic (exact) mass is 535 g/mol. The molecule has 8 nitrogen and oxygen atoms in total. The third kappa shape index (κ3) is 4.01. The number of carbonyl (C=O) groups excluding carboxylic acids is 1. The summed E-state index contributed by atoms with van der Waals surface area (Å²) in [4.78, 5) is 26.0. The first-order chi connectivity index (χ1) is 16.8. The van der Waals surface area contributed by atoms with Gasteiger partial charge in [0.1, 0.15) is 11.1 Å². The summed E-state index contributed by atoms with van der Waals surface area (Å²) in [5.41, 5.74) is 1.48. The zero-order valence-corrected chi connectivity index (χ0v) is 20.3. The molecule has 0 spiro atoms. The maximum Gasteiger partial charge on any atom is 0.284 e. The third-order valence-electron chi connectivity index (χ3n) is 5.66. The van der Waals surface area contributed by atoms with E-state index in [1.807, 2.05) is 24.3 Å². The molecule has 2 aromatic carbocycles. The topological polar surface area (TPSA) is 82.6 Å². The van der Waals surface area contributed by atoms with E-state index in [0.29, 0.717) is 22.6 Å². The number of hydrogen-bond donors (Lipinski definition) is 1. The quantitative estimate of drug-likeness (QED) is 0.340. The molecule has 0 atom stereocenters. The highest BCUT2D eigenvalue weighted by Crippen LogP contribution is 2.33. The zero-order chi connectivity index (χ0) is 24.7. The van der Waals surface area contributed by atoms with Crippen LogP contribution in [0.3, 0.4) is 0 Å². The Hall–Kier alpha value is -4.18. The van der Waals surface area contributed by atoms with E-state index in [1.165, 1.54) is 16.8 Å². The second kappa shape index (κ2) is 8.88. The molecule has 0 fully saturated rings. The Morgan fingerprint density at radius 2 is 1.86 bits per heavy atom. The SMILES string of the molecule is Cc1c(C(=O)Nc2ccc(Oc3ccnn4ccc(Br)c34)c(F)c2)c(=O)n(-c2ccccc2)n1C. The van der Waals surface area contributed by atoms with Crippen molar-refractivity contribution in [2.45, 2.75) is 6.92 Å². The van der Waals surface area contributed by atoms with Crippen LogP contribution in [-0.4, -0.2) is 24.9 Å². The van der Waals surface area contributed by atoms with Gasteiger partial charge in [0.25, 0.3) is 11.5 Å². The molecule has 0 saturated carbocycles. The van der Waals surface area contributed by atoms with Gasteiger partial charge in [-0.2, -0.15) is 5.10 Å². The predicted molar refractivity (Wildman–Crippen MR) is 133 cm³/mol. The largest absolute Gasteiger partial charge is 0.452 e. The minimum absolute atomic E-state index is 0.0191. The summed E-state index contributed by atoms with van der Waals surface area (Å²) in [7, 11) is 1.70. The van der Waals surface area contributed by atoms with Gasteiger partial charge in [0.05, 0.1) is 17.6 Å². The van der Waals surface area contributed by atoms with Crippen LogP contribution in [0.4, 0.5) is 10.1 Å². The highest BCUT2D eigenvalue weighted by atomic mass is 79.9. The van der Waals surface area contributed by atoms with Crippen molar-refractivity contribution in [3.05, 3.63) is 105 Å². The summed E-state index contributed by atoms with van der Waals surface area (Å²) < 4.78 is 26.0. The first-order valence-electron chi connectivity index (χ1n) is 10.6. The van der Waals surface area contributed by atoms with Crippen LogP contribution >= 0.6 is 15.9 Å². The molecule has 3 heterocycles. The summed E-state index contributed by atoms with van der Waals surface area (Å²) >= 11 is 3.43. The molecule has 3 aromatic heterocycles. The first kappa shape index (κ1) is 22.6. The molecule has 0 aliphatic heterocycles. The Bertz CT molecular complexity index is 1640. The van der Waals surface area contributed by atoms with Crippen molar-refractivity contribution in [3.63, 3.8) is 0 Å². The van der Waals surface area contributed by atoms with E-state index >= 15 is 0 Å². The van der Waals surface area contributed by atoms with E-state index in [0.717, 1.165) is 10.5 Å². The fraction of sp³-hybridized carbons (Fsp3) is 0.0800. The summed E-state index contributed by atoms with van der Waals surface area (Å²) in [6.45, 7) is 1.68. The van der Waals surface area contributed by atoms with Crippen molar-refractivity contribution in [2.75, 3.05) is 5.32 Å². The summed E-state index contributed by atoms with van der Waals surface area (Å²) in [5, 5.41) is 6.80.